The van der Waals surface area contributed by atoms with E-state index in [0.717, 1.165) is 4.31 Å². The Bertz CT molecular complexity index is 1280. The number of carbonyl (C=O) groups is 2. The van der Waals surface area contributed by atoms with Gasteiger partial charge in [-0.25, -0.2) is 8.42 Å². The number of rotatable bonds is 8. The highest BCUT2D eigenvalue weighted by Crippen LogP contribution is 2.30. The summed E-state index contributed by atoms with van der Waals surface area (Å²) in [6.07, 6.45) is 0. The fourth-order valence-corrected chi connectivity index (χ4v) is 5.11. The molecular formula is C24H23Cl2N3O4S. The van der Waals surface area contributed by atoms with E-state index in [1.807, 2.05) is 13.8 Å². The number of hydrogen-bond donors (Lipinski definition) is 2. The predicted molar refractivity (Wildman–Crippen MR) is 135 cm³/mol. The number of para-hydroxylation sites is 1. The molecule has 0 heterocycles. The molecule has 10 heteroatoms. The first-order chi connectivity index (χ1) is 16.1. The third kappa shape index (κ3) is 6.28. The first-order valence-electron chi connectivity index (χ1n) is 10.3. The number of benzene rings is 3. The van der Waals surface area contributed by atoms with Gasteiger partial charge in [-0.15, -0.1) is 0 Å². The Morgan fingerprint density at radius 1 is 0.912 bits per heavy atom. The van der Waals surface area contributed by atoms with Gasteiger partial charge in [0.15, 0.2) is 0 Å². The van der Waals surface area contributed by atoms with Crippen LogP contribution in [0.5, 0.6) is 0 Å². The van der Waals surface area contributed by atoms with Crippen LogP contribution in [0, 0.1) is 0 Å². The van der Waals surface area contributed by atoms with Gasteiger partial charge in [0.25, 0.3) is 15.9 Å². The van der Waals surface area contributed by atoms with Crippen LogP contribution in [0.15, 0.2) is 77.7 Å². The molecule has 0 saturated heterocycles. The number of nitrogens with one attached hydrogen (secondary N) is 2. The molecular weight excluding hydrogens is 497 g/mol. The lowest BCUT2D eigenvalue weighted by molar-refractivity contribution is -0.114. The van der Waals surface area contributed by atoms with Crippen molar-refractivity contribution in [1.29, 1.82) is 0 Å². The van der Waals surface area contributed by atoms with Crippen molar-refractivity contribution in [1.82, 2.24) is 5.32 Å². The molecule has 7 nitrogen and oxygen atoms in total. The monoisotopic (exact) mass is 519 g/mol. The van der Waals surface area contributed by atoms with Gasteiger partial charge in [0.1, 0.15) is 6.54 Å². The summed E-state index contributed by atoms with van der Waals surface area (Å²) in [5.74, 6) is -1.01. The molecule has 0 atom stereocenters. The van der Waals surface area contributed by atoms with Gasteiger partial charge in [-0.3, -0.25) is 13.9 Å². The first-order valence-corrected chi connectivity index (χ1v) is 12.5. The number of amides is 2. The summed E-state index contributed by atoms with van der Waals surface area (Å²) in [6, 6.07) is 18.4. The minimum absolute atomic E-state index is 0.00407. The van der Waals surface area contributed by atoms with Crippen molar-refractivity contribution in [2.24, 2.45) is 0 Å². The van der Waals surface area contributed by atoms with Crippen LogP contribution < -0.4 is 14.9 Å². The van der Waals surface area contributed by atoms with Crippen LogP contribution >= 0.6 is 23.2 Å². The third-order valence-corrected chi connectivity index (χ3v) is 6.84. The second kappa shape index (κ2) is 10.9. The van der Waals surface area contributed by atoms with Crippen molar-refractivity contribution in [3.63, 3.8) is 0 Å². The van der Waals surface area contributed by atoms with Crippen LogP contribution in [0.2, 0.25) is 10.0 Å². The molecule has 0 unspecified atom stereocenters. The highest BCUT2D eigenvalue weighted by molar-refractivity contribution is 7.92. The number of sulfonamides is 1. The van der Waals surface area contributed by atoms with Gasteiger partial charge in [-0.1, -0.05) is 53.5 Å². The normalized spacial score (nSPS) is 11.2. The standard InChI is InChI=1S/C24H23Cl2N3O4S/c1-16(2)27-24(31)21-10-6-7-11-22(21)28-23(30)15-29(19-13-17(25)12-18(26)14-19)34(32,33)20-8-4-3-5-9-20/h3-14,16H,15H2,1-2H3,(H,27,31)(H,28,30). The fraction of sp³-hybridized carbons (Fsp3) is 0.167. The van der Waals surface area contributed by atoms with Gasteiger partial charge in [-0.2, -0.15) is 0 Å². The summed E-state index contributed by atoms with van der Waals surface area (Å²) in [5, 5.41) is 5.85. The maximum atomic E-state index is 13.4. The summed E-state index contributed by atoms with van der Waals surface area (Å²) in [6.45, 7) is 3.07. The third-order valence-electron chi connectivity index (χ3n) is 4.62. The summed E-state index contributed by atoms with van der Waals surface area (Å²) in [7, 11) is -4.14. The van der Waals surface area contributed by atoms with Gasteiger partial charge in [-0.05, 0) is 56.3 Å². The zero-order valence-corrected chi connectivity index (χ0v) is 20.8. The SMILES string of the molecule is CC(C)NC(=O)c1ccccc1NC(=O)CN(c1cc(Cl)cc(Cl)c1)S(=O)(=O)c1ccccc1. The van der Waals surface area contributed by atoms with Crippen molar-refractivity contribution in [2.75, 3.05) is 16.2 Å². The molecule has 0 aliphatic carbocycles. The molecule has 0 spiro atoms. The molecule has 3 rings (SSSR count). The quantitative estimate of drug-likeness (QED) is 0.439. The molecule has 34 heavy (non-hydrogen) atoms. The van der Waals surface area contributed by atoms with E-state index in [2.05, 4.69) is 10.6 Å². The molecule has 0 radical (unpaired) electrons. The number of anilines is 2. The van der Waals surface area contributed by atoms with Crippen LogP contribution in [0.1, 0.15) is 24.2 Å². The van der Waals surface area contributed by atoms with E-state index in [4.69, 9.17) is 23.2 Å². The largest absolute Gasteiger partial charge is 0.350 e. The second-order valence-electron chi connectivity index (χ2n) is 7.67. The number of carbonyl (C=O) groups excluding carboxylic acids is 2. The summed E-state index contributed by atoms with van der Waals surface area (Å²) >= 11 is 12.2. The Kier molecular flexibility index (Phi) is 8.19. The maximum Gasteiger partial charge on any atom is 0.264 e. The van der Waals surface area contributed by atoms with Crippen molar-refractivity contribution >= 4 is 56.4 Å². The first kappa shape index (κ1) is 25.6. The van der Waals surface area contributed by atoms with Crippen LogP contribution in [-0.2, 0) is 14.8 Å². The number of halogens is 2. The Hall–Kier alpha value is -3.07. The molecule has 2 N–H and O–H groups in total. The number of nitrogens with zero attached hydrogens (tertiary/aromatic N) is 1. The molecule has 0 fully saturated rings. The molecule has 3 aromatic carbocycles. The molecule has 0 saturated carbocycles. The average Bonchev–Trinajstić information content (AvgIpc) is 2.77. The highest BCUT2D eigenvalue weighted by Gasteiger charge is 2.28. The molecule has 0 bridgehead atoms. The summed E-state index contributed by atoms with van der Waals surface area (Å²) in [4.78, 5) is 25.5. The predicted octanol–water partition coefficient (Wildman–Crippen LogP) is 4.97. The minimum atomic E-state index is -4.14. The minimum Gasteiger partial charge on any atom is -0.350 e. The van der Waals surface area contributed by atoms with E-state index in [1.54, 1.807) is 42.5 Å². The van der Waals surface area contributed by atoms with E-state index >= 15 is 0 Å². The topological polar surface area (TPSA) is 95.6 Å². The lowest BCUT2D eigenvalue weighted by Gasteiger charge is -2.24. The maximum absolute atomic E-state index is 13.4. The zero-order chi connectivity index (χ0) is 24.9. The smallest absolute Gasteiger partial charge is 0.264 e. The zero-order valence-electron chi connectivity index (χ0n) is 18.5. The lowest BCUT2D eigenvalue weighted by Crippen LogP contribution is -2.38. The van der Waals surface area contributed by atoms with Crippen LogP contribution in [0.4, 0.5) is 11.4 Å². The van der Waals surface area contributed by atoms with Crippen molar-refractivity contribution in [3.05, 3.63) is 88.4 Å². The van der Waals surface area contributed by atoms with Crippen LogP contribution in [0.25, 0.3) is 0 Å². The van der Waals surface area contributed by atoms with Crippen LogP contribution in [0.3, 0.4) is 0 Å². The molecule has 2 amide bonds. The van der Waals surface area contributed by atoms with E-state index in [-0.39, 0.29) is 43.8 Å². The van der Waals surface area contributed by atoms with E-state index < -0.39 is 22.5 Å². The average molecular weight is 520 g/mol. The van der Waals surface area contributed by atoms with Gasteiger partial charge in [0.05, 0.1) is 21.8 Å². The molecule has 178 valence electrons. The van der Waals surface area contributed by atoms with Gasteiger partial charge < -0.3 is 10.6 Å². The molecule has 3 aromatic rings. The van der Waals surface area contributed by atoms with Crippen molar-refractivity contribution in [3.8, 4) is 0 Å². The van der Waals surface area contributed by atoms with E-state index in [0.29, 0.717) is 0 Å². The summed E-state index contributed by atoms with van der Waals surface area (Å²) < 4.78 is 27.8. The molecule has 0 aromatic heterocycles. The highest BCUT2D eigenvalue weighted by atomic mass is 35.5. The van der Waals surface area contributed by atoms with Crippen molar-refractivity contribution in [2.45, 2.75) is 24.8 Å². The van der Waals surface area contributed by atoms with Gasteiger partial charge in [0.2, 0.25) is 5.91 Å². The Morgan fingerprint density at radius 3 is 2.12 bits per heavy atom. The van der Waals surface area contributed by atoms with Gasteiger partial charge in [0, 0.05) is 16.1 Å². The van der Waals surface area contributed by atoms with E-state index in [9.17, 15) is 18.0 Å². The lowest BCUT2D eigenvalue weighted by atomic mass is 10.1. The Balaban J connectivity index is 1.95. The van der Waals surface area contributed by atoms with E-state index in [1.165, 1.54) is 30.3 Å². The fourth-order valence-electron chi connectivity index (χ4n) is 3.17. The Morgan fingerprint density at radius 2 is 1.50 bits per heavy atom. The molecule has 0 aliphatic heterocycles. The Labute approximate surface area is 208 Å². The van der Waals surface area contributed by atoms with Gasteiger partial charge >= 0.3 is 0 Å². The summed E-state index contributed by atoms with van der Waals surface area (Å²) in [5.41, 5.74) is 0.641. The second-order valence-corrected chi connectivity index (χ2v) is 10.4. The molecule has 0 aliphatic rings. The van der Waals surface area contributed by atoms with Crippen molar-refractivity contribution < 1.29 is 18.0 Å². The van der Waals surface area contributed by atoms with Crippen LogP contribution in [-0.4, -0.2) is 32.8 Å². The number of hydrogen-bond acceptors (Lipinski definition) is 4.